The lowest BCUT2D eigenvalue weighted by Gasteiger charge is -2.19. The van der Waals surface area contributed by atoms with Crippen molar-refractivity contribution in [2.24, 2.45) is 0 Å². The van der Waals surface area contributed by atoms with Crippen LogP contribution in [0, 0.1) is 6.92 Å². The molecule has 0 atom stereocenters. The van der Waals surface area contributed by atoms with E-state index in [4.69, 9.17) is 4.42 Å². The van der Waals surface area contributed by atoms with Gasteiger partial charge in [0, 0.05) is 18.3 Å². The van der Waals surface area contributed by atoms with Crippen LogP contribution in [0.25, 0.3) is 0 Å². The van der Waals surface area contributed by atoms with E-state index in [1.165, 1.54) is 0 Å². The normalized spacial score (nSPS) is 12.0. The molecule has 0 saturated carbocycles. The Bertz CT molecular complexity index is 505. The van der Waals surface area contributed by atoms with Gasteiger partial charge in [0.05, 0.1) is 18.6 Å². The van der Waals surface area contributed by atoms with E-state index in [0.29, 0.717) is 0 Å². The zero-order valence-corrected chi connectivity index (χ0v) is 11.5. The Balaban J connectivity index is 1.94. The van der Waals surface area contributed by atoms with Gasteiger partial charge in [0.25, 0.3) is 0 Å². The highest BCUT2D eigenvalue weighted by atomic mass is 16.3. The van der Waals surface area contributed by atoms with E-state index in [9.17, 15) is 0 Å². The van der Waals surface area contributed by atoms with Gasteiger partial charge < -0.3 is 14.3 Å². The summed E-state index contributed by atoms with van der Waals surface area (Å²) in [5.41, 5.74) is 1.16. The third-order valence-corrected chi connectivity index (χ3v) is 2.62. The number of hydrogen-bond acceptors (Lipinski definition) is 3. The fourth-order valence-electron chi connectivity index (χ4n) is 1.69. The fraction of sp³-hybridized carbons (Fsp3) is 0.500. The van der Waals surface area contributed by atoms with Crippen molar-refractivity contribution in [2.75, 3.05) is 0 Å². The van der Waals surface area contributed by atoms with E-state index in [1.54, 1.807) is 0 Å². The molecule has 2 rings (SSSR count). The van der Waals surface area contributed by atoms with Crippen molar-refractivity contribution in [3.8, 4) is 0 Å². The van der Waals surface area contributed by atoms with E-state index < -0.39 is 0 Å². The van der Waals surface area contributed by atoms with Gasteiger partial charge in [0.15, 0.2) is 0 Å². The first-order chi connectivity index (χ1) is 8.42. The quantitative estimate of drug-likeness (QED) is 0.903. The van der Waals surface area contributed by atoms with Gasteiger partial charge in [-0.25, -0.2) is 4.98 Å². The summed E-state index contributed by atoms with van der Waals surface area (Å²) < 4.78 is 7.59. The van der Waals surface area contributed by atoms with Crippen molar-refractivity contribution >= 4 is 0 Å². The Morgan fingerprint density at radius 2 is 2.11 bits per heavy atom. The monoisotopic (exact) mass is 247 g/mol. The number of rotatable bonds is 4. The summed E-state index contributed by atoms with van der Waals surface area (Å²) >= 11 is 0. The topological polar surface area (TPSA) is 43.0 Å². The molecule has 2 aromatic heterocycles. The summed E-state index contributed by atoms with van der Waals surface area (Å²) in [6, 6.07) is 3.98. The maximum Gasteiger partial charge on any atom is 0.123 e. The van der Waals surface area contributed by atoms with Gasteiger partial charge in [-0.2, -0.15) is 0 Å². The molecular weight excluding hydrogens is 226 g/mol. The molecule has 0 aromatic carbocycles. The Hall–Kier alpha value is -1.55. The first-order valence-electron chi connectivity index (χ1n) is 6.23. The molecule has 0 amide bonds. The van der Waals surface area contributed by atoms with Crippen LogP contribution in [0.5, 0.6) is 0 Å². The molecule has 2 aromatic rings. The van der Waals surface area contributed by atoms with Crippen LogP contribution in [0.3, 0.4) is 0 Å². The molecule has 4 nitrogen and oxygen atoms in total. The average Bonchev–Trinajstić information content (AvgIpc) is 2.85. The van der Waals surface area contributed by atoms with Crippen LogP contribution in [-0.2, 0) is 13.1 Å². The summed E-state index contributed by atoms with van der Waals surface area (Å²) in [5, 5.41) is 3.42. The molecule has 0 fully saturated rings. The zero-order valence-electron chi connectivity index (χ0n) is 11.5. The molecule has 0 aliphatic heterocycles. The van der Waals surface area contributed by atoms with Gasteiger partial charge in [-0.3, -0.25) is 0 Å². The van der Waals surface area contributed by atoms with Crippen LogP contribution in [0.2, 0.25) is 0 Å². The molecule has 2 heterocycles. The van der Waals surface area contributed by atoms with Gasteiger partial charge in [0.1, 0.15) is 11.5 Å². The lowest BCUT2D eigenvalue weighted by molar-refractivity contribution is 0.421. The van der Waals surface area contributed by atoms with Crippen molar-refractivity contribution in [1.82, 2.24) is 14.9 Å². The number of nitrogens with zero attached hydrogens (tertiary/aromatic N) is 2. The van der Waals surface area contributed by atoms with E-state index >= 15 is 0 Å². The molecule has 0 unspecified atom stereocenters. The molecular formula is C14H21N3O. The van der Waals surface area contributed by atoms with Gasteiger partial charge in [-0.05, 0) is 39.8 Å². The number of furan rings is 1. The Morgan fingerprint density at radius 1 is 1.33 bits per heavy atom. The minimum Gasteiger partial charge on any atom is -0.464 e. The van der Waals surface area contributed by atoms with Gasteiger partial charge >= 0.3 is 0 Å². The molecule has 0 spiro atoms. The summed E-state index contributed by atoms with van der Waals surface area (Å²) in [5.74, 6) is 1.90. The second kappa shape index (κ2) is 4.98. The summed E-state index contributed by atoms with van der Waals surface area (Å²) in [4.78, 5) is 4.38. The Labute approximate surface area is 108 Å². The van der Waals surface area contributed by atoms with Crippen molar-refractivity contribution in [1.29, 1.82) is 0 Å². The average molecular weight is 247 g/mol. The highest BCUT2D eigenvalue weighted by Gasteiger charge is 2.09. The first kappa shape index (κ1) is 12.9. The first-order valence-corrected chi connectivity index (χ1v) is 6.23. The molecule has 1 N–H and O–H groups in total. The molecule has 98 valence electrons. The minimum atomic E-state index is 0.113. The van der Waals surface area contributed by atoms with E-state index in [1.807, 2.05) is 30.0 Å². The number of nitrogens with one attached hydrogen (secondary N) is 1. The molecule has 0 aliphatic carbocycles. The lowest BCUT2D eigenvalue weighted by Crippen LogP contribution is -2.35. The smallest absolute Gasteiger partial charge is 0.123 e. The SMILES string of the molecule is Cc1ccc(Cn2cnc(CNC(C)(C)C)c2)o1. The molecule has 0 bridgehead atoms. The van der Waals surface area contributed by atoms with Crippen molar-refractivity contribution in [3.05, 3.63) is 41.9 Å². The van der Waals surface area contributed by atoms with Crippen molar-refractivity contribution in [3.63, 3.8) is 0 Å². The summed E-state index contributed by atoms with van der Waals surface area (Å²) in [6.07, 6.45) is 3.90. The molecule has 0 saturated heterocycles. The van der Waals surface area contributed by atoms with E-state index in [2.05, 4.69) is 37.3 Å². The van der Waals surface area contributed by atoms with Crippen LogP contribution in [-0.4, -0.2) is 15.1 Å². The predicted octanol–water partition coefficient (Wildman–Crippen LogP) is 2.72. The Kier molecular flexibility index (Phi) is 3.57. The maximum atomic E-state index is 5.55. The zero-order chi connectivity index (χ0) is 13.2. The largest absolute Gasteiger partial charge is 0.464 e. The maximum absolute atomic E-state index is 5.55. The number of aromatic nitrogens is 2. The van der Waals surface area contributed by atoms with Crippen LogP contribution in [0.15, 0.2) is 29.1 Å². The third-order valence-electron chi connectivity index (χ3n) is 2.62. The molecule has 0 radical (unpaired) electrons. The van der Waals surface area contributed by atoms with Gasteiger partial charge in [-0.15, -0.1) is 0 Å². The van der Waals surface area contributed by atoms with Gasteiger partial charge in [-0.1, -0.05) is 0 Å². The third kappa shape index (κ3) is 3.74. The van der Waals surface area contributed by atoms with Crippen LogP contribution >= 0.6 is 0 Å². The fourth-order valence-corrected chi connectivity index (χ4v) is 1.69. The molecule has 4 heteroatoms. The standard InChI is InChI=1S/C14H21N3O/c1-11-5-6-13(18-11)9-17-8-12(15-10-17)7-16-14(2,3)4/h5-6,8,10,16H,7,9H2,1-4H3. The van der Waals surface area contributed by atoms with E-state index in [0.717, 1.165) is 30.3 Å². The van der Waals surface area contributed by atoms with Crippen molar-refractivity contribution in [2.45, 2.75) is 46.3 Å². The lowest BCUT2D eigenvalue weighted by atomic mass is 10.1. The number of imidazole rings is 1. The predicted molar refractivity (Wildman–Crippen MR) is 71.4 cm³/mol. The van der Waals surface area contributed by atoms with Crippen molar-refractivity contribution < 1.29 is 4.42 Å². The second-order valence-electron chi connectivity index (χ2n) is 5.65. The minimum absolute atomic E-state index is 0.113. The number of aryl methyl sites for hydroxylation is 1. The van der Waals surface area contributed by atoms with E-state index in [-0.39, 0.29) is 5.54 Å². The highest BCUT2D eigenvalue weighted by molar-refractivity contribution is 5.07. The summed E-state index contributed by atoms with van der Waals surface area (Å²) in [6.45, 7) is 9.92. The van der Waals surface area contributed by atoms with Crippen LogP contribution in [0.4, 0.5) is 0 Å². The number of hydrogen-bond donors (Lipinski definition) is 1. The Morgan fingerprint density at radius 3 is 2.72 bits per heavy atom. The van der Waals surface area contributed by atoms with Crippen LogP contribution < -0.4 is 5.32 Å². The van der Waals surface area contributed by atoms with Gasteiger partial charge in [0.2, 0.25) is 0 Å². The highest BCUT2D eigenvalue weighted by Crippen LogP contribution is 2.09. The van der Waals surface area contributed by atoms with Crippen LogP contribution in [0.1, 0.15) is 38.0 Å². The second-order valence-corrected chi connectivity index (χ2v) is 5.65. The summed E-state index contributed by atoms with van der Waals surface area (Å²) in [7, 11) is 0. The molecule has 0 aliphatic rings. The molecule has 18 heavy (non-hydrogen) atoms.